The van der Waals surface area contributed by atoms with E-state index in [1.54, 1.807) is 0 Å². The number of alkyl halides is 3. The fourth-order valence-corrected chi connectivity index (χ4v) is 3.01. The zero-order valence-corrected chi connectivity index (χ0v) is 16.2. The van der Waals surface area contributed by atoms with Crippen molar-refractivity contribution < 1.29 is 32.5 Å². The first kappa shape index (κ1) is 21.0. The molecular weight excluding hydrogens is 381 g/mol. The van der Waals surface area contributed by atoms with Crippen LogP contribution in [0.2, 0.25) is 25.7 Å². The standard InChI is InChI=1S/C17H21F3N2O4Si/c1-27(2,3)9-8-25-11-22-14(10-13(21-22)16(23)24)12-6-4-5-7-15(12)26-17(18,19)20/h4-7,10H,8-9,11H2,1-3H3,(H,23,24). The molecule has 0 aliphatic rings. The maximum atomic E-state index is 12.7. The second-order valence-electron chi connectivity index (χ2n) is 7.11. The summed E-state index contributed by atoms with van der Waals surface area (Å²) in [5.74, 6) is -1.73. The second-order valence-corrected chi connectivity index (χ2v) is 12.7. The number of nitrogens with zero attached hydrogens (tertiary/aromatic N) is 2. The van der Waals surface area contributed by atoms with Crippen LogP contribution in [0.15, 0.2) is 30.3 Å². The van der Waals surface area contributed by atoms with Gasteiger partial charge in [0.15, 0.2) is 5.69 Å². The summed E-state index contributed by atoms with van der Waals surface area (Å²) in [7, 11) is -1.32. The van der Waals surface area contributed by atoms with Crippen LogP contribution in [0.25, 0.3) is 11.3 Å². The van der Waals surface area contributed by atoms with Gasteiger partial charge in [0.1, 0.15) is 12.5 Å². The van der Waals surface area contributed by atoms with Crippen LogP contribution < -0.4 is 4.74 Å². The number of para-hydroxylation sites is 1. The summed E-state index contributed by atoms with van der Waals surface area (Å²) in [6.07, 6.45) is -4.87. The molecule has 1 aromatic heterocycles. The van der Waals surface area contributed by atoms with Crippen molar-refractivity contribution in [3.8, 4) is 17.0 Å². The minimum atomic E-state index is -4.87. The summed E-state index contributed by atoms with van der Waals surface area (Å²) in [6.45, 7) is 6.93. The molecule has 0 aliphatic heterocycles. The van der Waals surface area contributed by atoms with E-state index in [0.29, 0.717) is 6.61 Å². The molecule has 10 heteroatoms. The van der Waals surface area contributed by atoms with E-state index in [1.165, 1.54) is 28.9 Å². The summed E-state index contributed by atoms with van der Waals surface area (Å²) < 4.78 is 48.9. The van der Waals surface area contributed by atoms with Crippen molar-refractivity contribution in [1.29, 1.82) is 0 Å². The lowest BCUT2D eigenvalue weighted by Crippen LogP contribution is -2.22. The zero-order chi connectivity index (χ0) is 20.2. The summed E-state index contributed by atoms with van der Waals surface area (Å²) in [4.78, 5) is 11.3. The normalized spacial score (nSPS) is 12.2. The van der Waals surface area contributed by atoms with Gasteiger partial charge in [-0.25, -0.2) is 9.48 Å². The third-order valence-corrected chi connectivity index (χ3v) is 5.30. The lowest BCUT2D eigenvalue weighted by Gasteiger charge is -2.16. The van der Waals surface area contributed by atoms with Crippen molar-refractivity contribution in [2.45, 2.75) is 38.8 Å². The van der Waals surface area contributed by atoms with Gasteiger partial charge in [0.25, 0.3) is 0 Å². The number of hydrogen-bond donors (Lipinski definition) is 1. The van der Waals surface area contributed by atoms with Gasteiger partial charge >= 0.3 is 12.3 Å². The van der Waals surface area contributed by atoms with Gasteiger partial charge in [0.2, 0.25) is 0 Å². The van der Waals surface area contributed by atoms with E-state index in [9.17, 15) is 23.1 Å². The molecule has 2 aromatic rings. The van der Waals surface area contributed by atoms with E-state index >= 15 is 0 Å². The Morgan fingerprint density at radius 3 is 2.52 bits per heavy atom. The molecule has 1 N–H and O–H groups in total. The minimum absolute atomic E-state index is 0.0728. The molecule has 1 heterocycles. The molecule has 0 unspecified atom stereocenters. The molecule has 0 bridgehead atoms. The predicted octanol–water partition coefficient (Wildman–Crippen LogP) is 4.46. The monoisotopic (exact) mass is 402 g/mol. The Morgan fingerprint density at radius 1 is 1.26 bits per heavy atom. The van der Waals surface area contributed by atoms with Crippen LogP contribution in [0.4, 0.5) is 13.2 Å². The quantitative estimate of drug-likeness (QED) is 0.521. The summed E-state index contributed by atoms with van der Waals surface area (Å²) >= 11 is 0. The minimum Gasteiger partial charge on any atom is -0.476 e. The highest BCUT2D eigenvalue weighted by atomic mass is 28.3. The van der Waals surface area contributed by atoms with Crippen molar-refractivity contribution in [2.75, 3.05) is 6.61 Å². The number of carbonyl (C=O) groups is 1. The first-order chi connectivity index (χ1) is 12.5. The topological polar surface area (TPSA) is 73.6 Å². The molecule has 148 valence electrons. The van der Waals surface area contributed by atoms with Crippen molar-refractivity contribution in [3.05, 3.63) is 36.0 Å². The Balaban J connectivity index is 2.32. The van der Waals surface area contributed by atoms with Crippen LogP contribution in [-0.4, -0.2) is 41.9 Å². The molecule has 27 heavy (non-hydrogen) atoms. The lowest BCUT2D eigenvalue weighted by molar-refractivity contribution is -0.274. The highest BCUT2D eigenvalue weighted by Gasteiger charge is 2.32. The molecule has 6 nitrogen and oxygen atoms in total. The van der Waals surface area contributed by atoms with E-state index < -0.39 is 26.2 Å². The van der Waals surface area contributed by atoms with Crippen LogP contribution in [0.1, 0.15) is 10.5 Å². The van der Waals surface area contributed by atoms with Crippen molar-refractivity contribution in [2.24, 2.45) is 0 Å². The van der Waals surface area contributed by atoms with E-state index in [4.69, 9.17) is 4.74 Å². The first-order valence-electron chi connectivity index (χ1n) is 8.20. The zero-order valence-electron chi connectivity index (χ0n) is 15.2. The Labute approximate surface area is 155 Å². The number of carboxylic acid groups (broad SMARTS) is 1. The van der Waals surface area contributed by atoms with Crippen LogP contribution in [-0.2, 0) is 11.5 Å². The van der Waals surface area contributed by atoms with Gasteiger partial charge < -0.3 is 14.6 Å². The molecular formula is C17H21F3N2O4Si. The van der Waals surface area contributed by atoms with Gasteiger partial charge in [-0.05, 0) is 24.2 Å². The summed E-state index contributed by atoms with van der Waals surface area (Å²) in [5, 5.41) is 13.1. The van der Waals surface area contributed by atoms with Crippen LogP contribution >= 0.6 is 0 Å². The molecule has 0 radical (unpaired) electrons. The van der Waals surface area contributed by atoms with Gasteiger partial charge in [0.05, 0.1) is 5.69 Å². The number of halogens is 3. The molecule has 2 rings (SSSR count). The smallest absolute Gasteiger partial charge is 0.476 e. The fraction of sp³-hybridized carbons (Fsp3) is 0.412. The third-order valence-electron chi connectivity index (χ3n) is 3.60. The maximum absolute atomic E-state index is 12.7. The Hall–Kier alpha value is -2.33. The predicted molar refractivity (Wildman–Crippen MR) is 95.4 cm³/mol. The van der Waals surface area contributed by atoms with E-state index in [0.717, 1.165) is 12.1 Å². The van der Waals surface area contributed by atoms with Gasteiger partial charge in [-0.3, -0.25) is 0 Å². The molecule has 0 saturated heterocycles. The van der Waals surface area contributed by atoms with E-state index in [1.807, 2.05) is 0 Å². The SMILES string of the molecule is C[Si](C)(C)CCOCn1nc(C(=O)O)cc1-c1ccccc1OC(F)(F)F. The Bertz CT molecular complexity index is 800. The van der Waals surface area contributed by atoms with Crippen LogP contribution in [0.5, 0.6) is 5.75 Å². The number of aromatic nitrogens is 2. The van der Waals surface area contributed by atoms with Gasteiger partial charge in [0, 0.05) is 20.2 Å². The fourth-order valence-electron chi connectivity index (χ4n) is 2.26. The van der Waals surface area contributed by atoms with E-state index in [-0.39, 0.29) is 23.7 Å². The second kappa shape index (κ2) is 8.13. The highest BCUT2D eigenvalue weighted by molar-refractivity contribution is 6.76. The molecule has 0 fully saturated rings. The van der Waals surface area contributed by atoms with Crippen molar-refractivity contribution in [1.82, 2.24) is 9.78 Å². The molecule has 0 atom stereocenters. The van der Waals surface area contributed by atoms with Crippen molar-refractivity contribution >= 4 is 14.0 Å². The molecule has 0 saturated carbocycles. The molecule has 0 amide bonds. The summed E-state index contributed by atoms with van der Waals surface area (Å²) in [5.41, 5.74) is -0.0514. The summed E-state index contributed by atoms with van der Waals surface area (Å²) in [6, 6.07) is 7.58. The number of hydrogen-bond acceptors (Lipinski definition) is 4. The third kappa shape index (κ3) is 6.40. The number of aromatic carboxylic acids is 1. The Morgan fingerprint density at radius 2 is 1.93 bits per heavy atom. The largest absolute Gasteiger partial charge is 0.573 e. The molecule has 0 spiro atoms. The van der Waals surface area contributed by atoms with Crippen molar-refractivity contribution in [3.63, 3.8) is 0 Å². The first-order valence-corrected chi connectivity index (χ1v) is 11.9. The number of ether oxygens (including phenoxy) is 2. The van der Waals surface area contributed by atoms with Crippen LogP contribution in [0.3, 0.4) is 0 Å². The Kier molecular flexibility index (Phi) is 6.32. The lowest BCUT2D eigenvalue weighted by atomic mass is 10.1. The number of benzene rings is 1. The highest BCUT2D eigenvalue weighted by Crippen LogP contribution is 2.34. The van der Waals surface area contributed by atoms with Crippen LogP contribution in [0, 0.1) is 0 Å². The molecule has 1 aromatic carbocycles. The average Bonchev–Trinajstić information content (AvgIpc) is 2.94. The van der Waals surface area contributed by atoms with E-state index in [2.05, 4.69) is 29.5 Å². The average molecular weight is 402 g/mol. The van der Waals surface area contributed by atoms with Gasteiger partial charge in [-0.1, -0.05) is 31.8 Å². The maximum Gasteiger partial charge on any atom is 0.573 e. The van der Waals surface area contributed by atoms with Gasteiger partial charge in [-0.15, -0.1) is 13.2 Å². The number of rotatable bonds is 8. The van der Waals surface area contributed by atoms with Gasteiger partial charge in [-0.2, -0.15) is 5.10 Å². The number of carboxylic acids is 1. The molecule has 0 aliphatic carbocycles.